The van der Waals surface area contributed by atoms with Gasteiger partial charge in [0.05, 0.1) is 28.8 Å². The van der Waals surface area contributed by atoms with Crippen molar-refractivity contribution in [3.05, 3.63) is 27.7 Å². The summed E-state index contributed by atoms with van der Waals surface area (Å²) in [4.78, 5) is 3.04. The van der Waals surface area contributed by atoms with Crippen molar-refractivity contribution in [2.24, 2.45) is 0 Å². The van der Waals surface area contributed by atoms with Gasteiger partial charge in [0, 0.05) is 12.6 Å². The lowest BCUT2D eigenvalue weighted by atomic mass is 10.3. The van der Waals surface area contributed by atoms with Crippen molar-refractivity contribution in [3.8, 4) is 0 Å². The van der Waals surface area contributed by atoms with E-state index < -0.39 is 5.82 Å². The lowest BCUT2D eigenvalue weighted by Crippen LogP contribution is -2.13. The number of H-pyrrole nitrogens is 1. The van der Waals surface area contributed by atoms with Crippen molar-refractivity contribution >= 4 is 34.9 Å². The van der Waals surface area contributed by atoms with E-state index in [2.05, 4.69) is 4.98 Å². The van der Waals surface area contributed by atoms with Gasteiger partial charge in [-0.3, -0.25) is 0 Å². The average Bonchev–Trinajstić information content (AvgIpc) is 3.01. The van der Waals surface area contributed by atoms with Crippen molar-refractivity contribution in [1.29, 1.82) is 0 Å². The SMILES string of the molecule is Fc1cc2c(cc1Cl)[nH]c(=S)n2CCOC1CCCC1. The number of aromatic amines is 1. The van der Waals surface area contributed by atoms with Crippen LogP contribution in [-0.4, -0.2) is 22.3 Å². The third-order valence-electron chi connectivity index (χ3n) is 3.79. The van der Waals surface area contributed by atoms with Gasteiger partial charge in [-0.05, 0) is 31.1 Å². The second-order valence-electron chi connectivity index (χ2n) is 5.14. The molecule has 1 saturated carbocycles. The molecule has 1 fully saturated rings. The highest BCUT2D eigenvalue weighted by Gasteiger charge is 2.15. The summed E-state index contributed by atoms with van der Waals surface area (Å²) in [5.41, 5.74) is 1.48. The van der Waals surface area contributed by atoms with Crippen LogP contribution in [0.3, 0.4) is 0 Å². The summed E-state index contributed by atoms with van der Waals surface area (Å²) < 4.78 is 21.8. The third-order valence-corrected chi connectivity index (χ3v) is 4.40. The zero-order valence-electron chi connectivity index (χ0n) is 11.0. The predicted molar refractivity (Wildman–Crippen MR) is 80.3 cm³/mol. The number of hydrogen-bond acceptors (Lipinski definition) is 2. The summed E-state index contributed by atoms with van der Waals surface area (Å²) in [5.74, 6) is -0.432. The quantitative estimate of drug-likeness (QED) is 0.845. The first-order valence-electron chi connectivity index (χ1n) is 6.84. The van der Waals surface area contributed by atoms with Crippen LogP contribution in [0.1, 0.15) is 25.7 Å². The van der Waals surface area contributed by atoms with Crippen LogP contribution in [-0.2, 0) is 11.3 Å². The lowest BCUT2D eigenvalue weighted by Gasteiger charge is -2.11. The number of ether oxygens (including phenoxy) is 1. The third kappa shape index (κ3) is 2.75. The number of halogens is 2. The second kappa shape index (κ2) is 5.84. The van der Waals surface area contributed by atoms with E-state index >= 15 is 0 Å². The molecule has 1 aromatic heterocycles. The van der Waals surface area contributed by atoms with Gasteiger partial charge >= 0.3 is 0 Å². The van der Waals surface area contributed by atoms with E-state index in [0.29, 0.717) is 24.0 Å². The van der Waals surface area contributed by atoms with E-state index in [1.807, 2.05) is 4.57 Å². The molecule has 0 atom stereocenters. The fraction of sp³-hybridized carbons (Fsp3) is 0.500. The molecule has 1 N–H and O–H groups in total. The predicted octanol–water partition coefficient (Wildman–Crippen LogP) is 4.45. The lowest BCUT2D eigenvalue weighted by molar-refractivity contribution is 0.0533. The van der Waals surface area contributed by atoms with Gasteiger partial charge in [-0.15, -0.1) is 0 Å². The Morgan fingerprint density at radius 1 is 1.40 bits per heavy atom. The first kappa shape index (κ1) is 14.0. The van der Waals surface area contributed by atoms with Gasteiger partial charge in [-0.2, -0.15) is 0 Å². The maximum absolute atomic E-state index is 13.6. The first-order chi connectivity index (χ1) is 9.65. The monoisotopic (exact) mass is 314 g/mol. The van der Waals surface area contributed by atoms with E-state index in [1.165, 1.54) is 18.9 Å². The Balaban J connectivity index is 1.78. The van der Waals surface area contributed by atoms with Crippen molar-refractivity contribution < 1.29 is 9.13 Å². The summed E-state index contributed by atoms with van der Waals surface area (Å²) in [5, 5.41) is 0.100. The Morgan fingerprint density at radius 3 is 2.90 bits per heavy atom. The zero-order chi connectivity index (χ0) is 14.1. The Hall–Kier alpha value is -0.910. The van der Waals surface area contributed by atoms with Crippen LogP contribution in [0, 0.1) is 10.6 Å². The van der Waals surface area contributed by atoms with Crippen molar-refractivity contribution in [2.45, 2.75) is 38.3 Å². The highest BCUT2D eigenvalue weighted by Crippen LogP contribution is 2.23. The molecule has 20 heavy (non-hydrogen) atoms. The molecule has 0 unspecified atom stereocenters. The number of nitrogens with zero attached hydrogens (tertiary/aromatic N) is 1. The van der Waals surface area contributed by atoms with Gasteiger partial charge in [0.2, 0.25) is 0 Å². The topological polar surface area (TPSA) is 29.9 Å². The Morgan fingerprint density at radius 2 is 2.15 bits per heavy atom. The van der Waals surface area contributed by atoms with E-state index in [4.69, 9.17) is 28.6 Å². The van der Waals surface area contributed by atoms with E-state index in [9.17, 15) is 4.39 Å². The van der Waals surface area contributed by atoms with Gasteiger partial charge in [0.15, 0.2) is 4.77 Å². The van der Waals surface area contributed by atoms with Crippen LogP contribution in [0.2, 0.25) is 5.02 Å². The molecule has 2 aromatic rings. The molecule has 0 spiro atoms. The van der Waals surface area contributed by atoms with Crippen LogP contribution < -0.4 is 0 Å². The van der Waals surface area contributed by atoms with E-state index in [0.717, 1.165) is 23.9 Å². The van der Waals surface area contributed by atoms with Gasteiger partial charge in [-0.1, -0.05) is 24.4 Å². The number of hydrogen-bond donors (Lipinski definition) is 1. The molecule has 1 aliphatic carbocycles. The number of aromatic nitrogens is 2. The summed E-state index contributed by atoms with van der Waals surface area (Å²) in [6.07, 6.45) is 5.16. The molecule has 0 bridgehead atoms. The normalized spacial score (nSPS) is 16.3. The standard InChI is InChI=1S/C14H16ClFN2OS/c15-10-7-12-13(8-11(10)16)18(14(20)17-12)5-6-19-9-3-1-2-4-9/h7-9H,1-6H2,(H,17,20). The van der Waals surface area contributed by atoms with Crippen LogP contribution >= 0.6 is 23.8 Å². The van der Waals surface area contributed by atoms with Crippen molar-refractivity contribution in [1.82, 2.24) is 9.55 Å². The van der Waals surface area contributed by atoms with Crippen LogP contribution in [0.15, 0.2) is 12.1 Å². The van der Waals surface area contributed by atoms with Crippen LogP contribution in [0.5, 0.6) is 0 Å². The molecular formula is C14H16ClFN2OS. The van der Waals surface area contributed by atoms with Gasteiger partial charge < -0.3 is 14.3 Å². The van der Waals surface area contributed by atoms with Crippen LogP contribution in [0.4, 0.5) is 4.39 Å². The number of rotatable bonds is 4. The summed E-state index contributed by atoms with van der Waals surface area (Å²) in [6, 6.07) is 2.98. The first-order valence-corrected chi connectivity index (χ1v) is 7.63. The molecular weight excluding hydrogens is 299 g/mol. The molecule has 0 saturated heterocycles. The van der Waals surface area contributed by atoms with Gasteiger partial charge in [0.25, 0.3) is 0 Å². The molecule has 6 heteroatoms. The molecule has 3 rings (SSSR count). The highest BCUT2D eigenvalue weighted by molar-refractivity contribution is 7.71. The Labute approximate surface area is 126 Å². The molecule has 0 amide bonds. The Bertz CT molecular complexity index is 676. The van der Waals surface area contributed by atoms with E-state index in [-0.39, 0.29) is 5.02 Å². The molecule has 1 aliphatic rings. The molecule has 1 heterocycles. The van der Waals surface area contributed by atoms with Crippen molar-refractivity contribution in [3.63, 3.8) is 0 Å². The minimum absolute atomic E-state index is 0.100. The maximum Gasteiger partial charge on any atom is 0.178 e. The van der Waals surface area contributed by atoms with E-state index in [1.54, 1.807) is 6.07 Å². The number of benzene rings is 1. The summed E-state index contributed by atoms with van der Waals surface area (Å²) in [7, 11) is 0. The summed E-state index contributed by atoms with van der Waals surface area (Å²) >= 11 is 11.1. The number of fused-ring (bicyclic) bond motifs is 1. The molecule has 3 nitrogen and oxygen atoms in total. The molecule has 1 aromatic carbocycles. The summed E-state index contributed by atoms with van der Waals surface area (Å²) in [6.45, 7) is 1.21. The van der Waals surface area contributed by atoms with Crippen molar-refractivity contribution in [2.75, 3.05) is 6.61 Å². The van der Waals surface area contributed by atoms with Crippen LogP contribution in [0.25, 0.3) is 11.0 Å². The zero-order valence-corrected chi connectivity index (χ0v) is 12.6. The molecule has 0 radical (unpaired) electrons. The smallest absolute Gasteiger partial charge is 0.178 e. The minimum atomic E-state index is -0.432. The fourth-order valence-electron chi connectivity index (χ4n) is 2.74. The minimum Gasteiger partial charge on any atom is -0.376 e. The van der Waals surface area contributed by atoms with Gasteiger partial charge in [-0.25, -0.2) is 4.39 Å². The molecule has 108 valence electrons. The average molecular weight is 315 g/mol. The largest absolute Gasteiger partial charge is 0.376 e. The fourth-order valence-corrected chi connectivity index (χ4v) is 3.20. The maximum atomic E-state index is 13.6. The number of nitrogens with one attached hydrogen (secondary N) is 1. The highest BCUT2D eigenvalue weighted by atomic mass is 35.5. The van der Waals surface area contributed by atoms with Gasteiger partial charge in [0.1, 0.15) is 5.82 Å². The Kier molecular flexibility index (Phi) is 4.10. The molecule has 0 aliphatic heterocycles. The second-order valence-corrected chi connectivity index (χ2v) is 5.94. The number of imidazole rings is 1.